The van der Waals surface area contributed by atoms with Gasteiger partial charge in [-0.2, -0.15) is 18.0 Å². The van der Waals surface area contributed by atoms with E-state index < -0.39 is 34.5 Å². The molecule has 1 aliphatic rings. The number of rotatable bonds is 6. The summed E-state index contributed by atoms with van der Waals surface area (Å²) in [6, 6.07) is 11.1. The Labute approximate surface area is 195 Å². The van der Waals surface area contributed by atoms with Crippen molar-refractivity contribution in [2.24, 2.45) is 11.1 Å². The molecule has 11 nitrogen and oxygen atoms in total. The van der Waals surface area contributed by atoms with Crippen LogP contribution in [0.5, 0.6) is 0 Å². The fourth-order valence-corrected chi connectivity index (χ4v) is 4.70. The number of anilines is 1. The van der Waals surface area contributed by atoms with Crippen molar-refractivity contribution < 1.29 is 22.8 Å². The van der Waals surface area contributed by atoms with Crippen molar-refractivity contribution in [2.45, 2.75) is 31.6 Å². The van der Waals surface area contributed by atoms with E-state index in [9.17, 15) is 18.6 Å². The summed E-state index contributed by atoms with van der Waals surface area (Å²) in [5.41, 5.74) is 3.79. The molecule has 0 radical (unpaired) electrons. The SMILES string of the molecule is Cc1cnc2cc(-c3cnc4ccccc4c3)nn2c1N[C@@H]1C[C@H](COS(N)(=O)=O)[C@@H](O)[C@H]1O. The number of aryl methyl sites for hydroxylation is 1. The molecule has 3 aromatic heterocycles. The molecule has 0 saturated heterocycles. The maximum atomic E-state index is 11.1. The van der Waals surface area contributed by atoms with Gasteiger partial charge >= 0.3 is 10.3 Å². The van der Waals surface area contributed by atoms with Gasteiger partial charge in [0.15, 0.2) is 5.65 Å². The first kappa shape index (κ1) is 22.6. The van der Waals surface area contributed by atoms with E-state index >= 15 is 0 Å². The zero-order valence-electron chi connectivity index (χ0n) is 18.2. The normalized spacial score (nSPS) is 23.1. The lowest BCUT2D eigenvalue weighted by Crippen LogP contribution is -2.36. The number of hydrogen-bond donors (Lipinski definition) is 4. The van der Waals surface area contributed by atoms with Gasteiger partial charge in [0.2, 0.25) is 0 Å². The molecule has 0 spiro atoms. The number of nitrogens with two attached hydrogens (primary N) is 1. The van der Waals surface area contributed by atoms with Crippen LogP contribution in [0.25, 0.3) is 27.8 Å². The standard InChI is InChI=1S/C22H24N6O5S/c1-12-9-25-19-8-17(14-6-13-4-2-3-5-16(13)24-10-14)27-28(19)22(12)26-18-7-15(20(29)21(18)30)11-33-34(23,31)32/h2-6,8-10,15,18,20-21,26,29-30H,7,11H2,1H3,(H2,23,31,32)/t15-,18-,20-,21+/m1/s1. The second-order valence-corrected chi connectivity index (χ2v) is 9.73. The molecule has 1 aliphatic carbocycles. The van der Waals surface area contributed by atoms with E-state index in [0.29, 0.717) is 17.2 Å². The number of fused-ring (bicyclic) bond motifs is 2. The summed E-state index contributed by atoms with van der Waals surface area (Å²) in [4.78, 5) is 8.96. The Kier molecular flexibility index (Phi) is 5.70. The van der Waals surface area contributed by atoms with Crippen molar-refractivity contribution in [3.05, 3.63) is 54.4 Å². The number of pyridine rings is 1. The van der Waals surface area contributed by atoms with Crippen LogP contribution in [0.3, 0.4) is 0 Å². The largest absolute Gasteiger partial charge is 0.390 e. The highest BCUT2D eigenvalue weighted by Gasteiger charge is 2.42. The molecule has 5 rings (SSSR count). The number of hydrogen-bond acceptors (Lipinski definition) is 9. The predicted octanol–water partition coefficient (Wildman–Crippen LogP) is 0.995. The molecule has 1 saturated carbocycles. The summed E-state index contributed by atoms with van der Waals surface area (Å²) < 4.78 is 28.5. The molecule has 0 aliphatic heterocycles. The Balaban J connectivity index is 1.44. The fourth-order valence-electron chi connectivity index (χ4n) is 4.34. The lowest BCUT2D eigenvalue weighted by Gasteiger charge is -2.20. The lowest BCUT2D eigenvalue weighted by molar-refractivity contribution is 0.00777. The molecule has 1 aromatic carbocycles. The Bertz CT molecular complexity index is 1470. The van der Waals surface area contributed by atoms with E-state index in [1.54, 1.807) is 16.9 Å². The molecule has 34 heavy (non-hydrogen) atoms. The minimum absolute atomic E-state index is 0.268. The van der Waals surface area contributed by atoms with Gasteiger partial charge in [-0.05, 0) is 25.5 Å². The first-order valence-electron chi connectivity index (χ1n) is 10.7. The smallest absolute Gasteiger partial charge is 0.333 e. The minimum Gasteiger partial charge on any atom is -0.390 e. The maximum absolute atomic E-state index is 11.1. The summed E-state index contributed by atoms with van der Waals surface area (Å²) in [6.45, 7) is 1.54. The van der Waals surface area contributed by atoms with E-state index in [-0.39, 0.29) is 13.0 Å². The van der Waals surface area contributed by atoms with Crippen molar-refractivity contribution in [1.82, 2.24) is 19.6 Å². The molecule has 4 atom stereocenters. The van der Waals surface area contributed by atoms with Gasteiger partial charge in [-0.3, -0.25) is 9.17 Å². The van der Waals surface area contributed by atoms with Gasteiger partial charge in [0.05, 0.1) is 30.0 Å². The van der Waals surface area contributed by atoms with Crippen molar-refractivity contribution in [3.63, 3.8) is 0 Å². The number of nitrogens with zero attached hydrogens (tertiary/aromatic N) is 4. The van der Waals surface area contributed by atoms with Crippen LogP contribution in [0.4, 0.5) is 5.82 Å². The minimum atomic E-state index is -4.14. The van der Waals surface area contributed by atoms with Crippen LogP contribution < -0.4 is 10.5 Å². The van der Waals surface area contributed by atoms with Gasteiger partial charge < -0.3 is 15.5 Å². The average molecular weight is 485 g/mol. The molecule has 4 aromatic rings. The number of para-hydroxylation sites is 1. The van der Waals surface area contributed by atoms with Crippen LogP contribution in [0.1, 0.15) is 12.0 Å². The quantitative estimate of drug-likeness (QED) is 0.312. The average Bonchev–Trinajstić information content (AvgIpc) is 3.35. The molecule has 178 valence electrons. The Morgan fingerprint density at radius 1 is 1.18 bits per heavy atom. The summed E-state index contributed by atoms with van der Waals surface area (Å²) in [5.74, 6) is -0.00502. The van der Waals surface area contributed by atoms with Crippen LogP contribution >= 0.6 is 0 Å². The predicted molar refractivity (Wildman–Crippen MR) is 125 cm³/mol. The van der Waals surface area contributed by atoms with Crippen LogP contribution in [-0.4, -0.2) is 63.1 Å². The highest BCUT2D eigenvalue weighted by molar-refractivity contribution is 7.84. The number of aliphatic hydroxyl groups is 2. The number of aliphatic hydroxyl groups excluding tert-OH is 2. The molecule has 1 fully saturated rings. The van der Waals surface area contributed by atoms with Gasteiger partial charge in [0, 0.05) is 40.9 Å². The van der Waals surface area contributed by atoms with Gasteiger partial charge in [0.25, 0.3) is 0 Å². The third kappa shape index (κ3) is 4.33. The van der Waals surface area contributed by atoms with Crippen LogP contribution in [0.2, 0.25) is 0 Å². The molecule has 5 N–H and O–H groups in total. The van der Waals surface area contributed by atoms with Crippen molar-refractivity contribution in [2.75, 3.05) is 11.9 Å². The number of benzene rings is 1. The fraction of sp³-hybridized carbons (Fsp3) is 0.318. The lowest BCUT2D eigenvalue weighted by atomic mass is 10.1. The van der Waals surface area contributed by atoms with Crippen LogP contribution in [-0.2, 0) is 14.5 Å². The third-order valence-electron chi connectivity index (χ3n) is 6.12. The first-order valence-corrected chi connectivity index (χ1v) is 12.2. The topological polar surface area (TPSA) is 165 Å². The zero-order valence-corrected chi connectivity index (χ0v) is 19.1. The number of aromatic nitrogens is 4. The van der Waals surface area contributed by atoms with E-state index in [4.69, 9.17) is 10.2 Å². The molecule has 0 bridgehead atoms. The maximum Gasteiger partial charge on any atom is 0.333 e. The molecular weight excluding hydrogens is 460 g/mol. The van der Waals surface area contributed by atoms with Crippen LogP contribution in [0.15, 0.2) is 48.8 Å². The van der Waals surface area contributed by atoms with Crippen molar-refractivity contribution in [3.8, 4) is 11.3 Å². The highest BCUT2D eigenvalue weighted by Crippen LogP contribution is 2.31. The molecule has 0 unspecified atom stereocenters. The second-order valence-electron chi connectivity index (χ2n) is 8.51. The second kappa shape index (κ2) is 8.56. The van der Waals surface area contributed by atoms with Crippen molar-refractivity contribution >= 4 is 32.7 Å². The first-order chi connectivity index (χ1) is 16.2. The summed E-state index contributed by atoms with van der Waals surface area (Å²) in [6.07, 6.45) is 1.41. The monoisotopic (exact) mass is 484 g/mol. The molecule has 3 heterocycles. The van der Waals surface area contributed by atoms with Gasteiger partial charge in [-0.1, -0.05) is 18.2 Å². The van der Waals surface area contributed by atoms with E-state index in [0.717, 1.165) is 22.0 Å². The third-order valence-corrected chi connectivity index (χ3v) is 6.59. The van der Waals surface area contributed by atoms with Crippen LogP contribution in [0, 0.1) is 12.8 Å². The highest BCUT2D eigenvalue weighted by atomic mass is 32.2. The summed E-state index contributed by atoms with van der Waals surface area (Å²) >= 11 is 0. The summed E-state index contributed by atoms with van der Waals surface area (Å²) in [5, 5.41) is 34.8. The molecule has 12 heteroatoms. The van der Waals surface area contributed by atoms with E-state index in [1.165, 1.54) is 0 Å². The zero-order chi connectivity index (χ0) is 24.0. The Morgan fingerprint density at radius 3 is 2.76 bits per heavy atom. The number of nitrogens with one attached hydrogen (secondary N) is 1. The summed E-state index contributed by atoms with van der Waals surface area (Å²) in [7, 11) is -4.14. The van der Waals surface area contributed by atoms with E-state index in [1.807, 2.05) is 43.3 Å². The Hall–Kier alpha value is -3.16. The molecular formula is C22H24N6O5S. The molecule has 0 amide bonds. The van der Waals surface area contributed by atoms with E-state index in [2.05, 4.69) is 19.5 Å². The van der Waals surface area contributed by atoms with Gasteiger partial charge in [-0.15, -0.1) is 0 Å². The van der Waals surface area contributed by atoms with Crippen molar-refractivity contribution in [1.29, 1.82) is 0 Å². The van der Waals surface area contributed by atoms with Gasteiger partial charge in [0.1, 0.15) is 11.9 Å². The Morgan fingerprint density at radius 2 is 1.97 bits per heavy atom. The van der Waals surface area contributed by atoms with Gasteiger partial charge in [-0.25, -0.2) is 10.1 Å².